The van der Waals surface area contributed by atoms with Gasteiger partial charge in [-0.1, -0.05) is 46.2 Å². The molecule has 9 atom stereocenters. The van der Waals surface area contributed by atoms with E-state index in [9.17, 15) is 14.4 Å². The van der Waals surface area contributed by atoms with Crippen LogP contribution in [-0.2, 0) is 14.4 Å². The number of nitrogens with one attached hydrogen (secondary N) is 1. The van der Waals surface area contributed by atoms with E-state index in [0.29, 0.717) is 55.0 Å². The van der Waals surface area contributed by atoms with E-state index < -0.39 is 0 Å². The third kappa shape index (κ3) is 4.75. The van der Waals surface area contributed by atoms with Gasteiger partial charge in [0.2, 0.25) is 5.91 Å². The van der Waals surface area contributed by atoms with Crippen molar-refractivity contribution >= 4 is 40.4 Å². The molecule has 4 aliphatic carbocycles. The highest BCUT2D eigenvalue weighted by molar-refractivity contribution is 7.16. The third-order valence-electron chi connectivity index (χ3n) is 11.4. The first kappa shape index (κ1) is 27.4. The maximum absolute atomic E-state index is 13.6. The molecule has 4 saturated carbocycles. The number of rotatable bonds is 6. The zero-order valence-corrected chi connectivity index (χ0v) is 24.7. The van der Waals surface area contributed by atoms with Gasteiger partial charge in [0.1, 0.15) is 11.6 Å². The largest absolute Gasteiger partial charge is 0.348 e. The second-order valence-corrected chi connectivity index (χ2v) is 15.4. The van der Waals surface area contributed by atoms with Crippen molar-refractivity contribution in [2.75, 3.05) is 0 Å². The molecule has 0 radical (unpaired) electrons. The average Bonchev–Trinajstić information content (AvgIpc) is 3.41. The minimum atomic E-state index is -0.0181. The van der Waals surface area contributed by atoms with Gasteiger partial charge >= 0.3 is 0 Å². The van der Waals surface area contributed by atoms with Crippen LogP contribution in [-0.4, -0.2) is 17.5 Å². The number of hydrogen-bond acceptors (Lipinski definition) is 4. The predicted molar refractivity (Wildman–Crippen MR) is 149 cm³/mol. The molecule has 0 aliphatic heterocycles. The Hall–Kier alpha value is -1.20. The molecule has 0 unspecified atom stereocenters. The Morgan fingerprint density at radius 3 is 2.46 bits per heavy atom. The van der Waals surface area contributed by atoms with Crippen LogP contribution in [0.1, 0.15) is 103 Å². The van der Waals surface area contributed by atoms with Crippen LogP contribution in [0.4, 0.5) is 0 Å². The topological polar surface area (TPSA) is 63.2 Å². The molecule has 1 heterocycles. The lowest BCUT2D eigenvalue weighted by atomic mass is 9.44. The van der Waals surface area contributed by atoms with Crippen LogP contribution in [0.3, 0.4) is 0 Å². The number of carbonyl (C=O) groups is 3. The molecule has 1 N–H and O–H groups in total. The molecule has 6 heteroatoms. The Kier molecular flexibility index (Phi) is 7.46. The highest BCUT2D eigenvalue weighted by atomic mass is 35.5. The van der Waals surface area contributed by atoms with Gasteiger partial charge in [0, 0.05) is 36.5 Å². The van der Waals surface area contributed by atoms with Gasteiger partial charge in [-0.3, -0.25) is 14.4 Å². The Labute approximate surface area is 231 Å². The molecule has 204 valence electrons. The van der Waals surface area contributed by atoms with Crippen molar-refractivity contribution in [3.8, 4) is 0 Å². The van der Waals surface area contributed by atoms with E-state index in [0.717, 1.165) is 41.3 Å². The number of amides is 1. The number of thiophene rings is 1. The van der Waals surface area contributed by atoms with E-state index >= 15 is 0 Å². The molecule has 1 aromatic rings. The normalized spacial score (nSPS) is 39.1. The molecule has 4 fully saturated rings. The smallest absolute Gasteiger partial charge is 0.220 e. The Balaban J connectivity index is 1.28. The van der Waals surface area contributed by atoms with Gasteiger partial charge in [-0.15, -0.1) is 11.3 Å². The number of fused-ring (bicyclic) bond motifs is 5. The molecule has 4 nitrogen and oxygen atoms in total. The number of carbonyl (C=O) groups excluding carboxylic acids is 3. The van der Waals surface area contributed by atoms with Gasteiger partial charge in [0.05, 0.1) is 10.4 Å². The fourth-order valence-electron chi connectivity index (χ4n) is 9.43. The van der Waals surface area contributed by atoms with Crippen molar-refractivity contribution in [1.29, 1.82) is 0 Å². The fourth-order valence-corrected chi connectivity index (χ4v) is 10.7. The number of halogens is 1. The van der Waals surface area contributed by atoms with Crippen LogP contribution in [0.15, 0.2) is 12.1 Å². The second kappa shape index (κ2) is 10.1. The maximum atomic E-state index is 13.6. The minimum absolute atomic E-state index is 0.0181. The first-order valence-corrected chi connectivity index (χ1v) is 15.7. The summed E-state index contributed by atoms with van der Waals surface area (Å²) in [5.41, 5.74) is 0.247. The Morgan fingerprint density at radius 2 is 1.78 bits per heavy atom. The van der Waals surface area contributed by atoms with Gasteiger partial charge in [0.25, 0.3) is 0 Å². The molecule has 37 heavy (non-hydrogen) atoms. The zero-order valence-electron chi connectivity index (χ0n) is 23.1. The van der Waals surface area contributed by atoms with E-state index in [2.05, 4.69) is 39.9 Å². The zero-order chi connectivity index (χ0) is 26.7. The summed E-state index contributed by atoms with van der Waals surface area (Å²) in [4.78, 5) is 40.2. The number of hydrogen-bond donors (Lipinski definition) is 1. The van der Waals surface area contributed by atoms with Gasteiger partial charge in [-0.05, 0) is 90.6 Å². The van der Waals surface area contributed by atoms with Gasteiger partial charge < -0.3 is 5.32 Å². The molecule has 1 amide bonds. The first-order valence-electron chi connectivity index (χ1n) is 14.5. The SMILES string of the molecule is CC(C)[C@H](NC(=O)C[C@@H](C)[C@H]1CC[C@H]2[C@@H]3C(=O)C[C@@H]4CC(=O)CC[C@]4(C)[C@H]3CC[C@]12C)c1ccc(Cl)s1. The molecule has 0 aromatic carbocycles. The van der Waals surface area contributed by atoms with Crippen LogP contribution in [0.5, 0.6) is 0 Å². The molecular formula is C31H44ClNO3S. The first-order chi connectivity index (χ1) is 17.4. The summed E-state index contributed by atoms with van der Waals surface area (Å²) in [6.07, 6.45) is 7.83. The van der Waals surface area contributed by atoms with Crippen molar-refractivity contribution in [1.82, 2.24) is 5.32 Å². The monoisotopic (exact) mass is 545 g/mol. The molecule has 5 rings (SSSR count). The lowest BCUT2D eigenvalue weighted by molar-refractivity contribution is -0.159. The molecular weight excluding hydrogens is 502 g/mol. The predicted octanol–water partition coefficient (Wildman–Crippen LogP) is 7.65. The molecule has 0 spiro atoms. The van der Waals surface area contributed by atoms with Crippen molar-refractivity contribution < 1.29 is 14.4 Å². The van der Waals surface area contributed by atoms with E-state index in [1.54, 1.807) is 11.3 Å². The van der Waals surface area contributed by atoms with Crippen molar-refractivity contribution in [3.05, 3.63) is 21.3 Å². The summed E-state index contributed by atoms with van der Waals surface area (Å²) in [6, 6.07) is 3.91. The highest BCUT2D eigenvalue weighted by Crippen LogP contribution is 2.67. The summed E-state index contributed by atoms with van der Waals surface area (Å²) in [6.45, 7) is 11.3. The van der Waals surface area contributed by atoms with Gasteiger partial charge in [0.15, 0.2) is 0 Å². The van der Waals surface area contributed by atoms with E-state index in [1.165, 1.54) is 0 Å². The van der Waals surface area contributed by atoms with Crippen LogP contribution in [0.25, 0.3) is 0 Å². The van der Waals surface area contributed by atoms with E-state index in [4.69, 9.17) is 11.6 Å². The lowest BCUT2D eigenvalue weighted by Gasteiger charge is -2.59. The van der Waals surface area contributed by atoms with Crippen molar-refractivity contribution in [2.45, 2.75) is 98.4 Å². The van der Waals surface area contributed by atoms with Crippen LogP contribution >= 0.6 is 22.9 Å². The van der Waals surface area contributed by atoms with Crippen LogP contribution < -0.4 is 5.32 Å². The highest BCUT2D eigenvalue weighted by Gasteiger charge is 2.63. The van der Waals surface area contributed by atoms with Crippen molar-refractivity contribution in [3.63, 3.8) is 0 Å². The van der Waals surface area contributed by atoms with Gasteiger partial charge in [-0.2, -0.15) is 0 Å². The average molecular weight is 546 g/mol. The minimum Gasteiger partial charge on any atom is -0.348 e. The van der Waals surface area contributed by atoms with Crippen LogP contribution in [0, 0.1) is 52.3 Å². The van der Waals surface area contributed by atoms with Crippen molar-refractivity contribution in [2.24, 2.45) is 52.3 Å². The van der Waals surface area contributed by atoms with E-state index in [-0.39, 0.29) is 46.5 Å². The maximum Gasteiger partial charge on any atom is 0.220 e. The quantitative estimate of drug-likeness (QED) is 0.399. The number of ketones is 2. The standard InChI is InChI=1S/C31H44ClNO3S/c1-17(2)29(25-8-9-26(32)37-25)33-27(36)14-18(3)21-6-7-22-28-23(11-13-31(21,22)5)30(4)12-10-20(34)15-19(30)16-24(28)35/h8-9,17-19,21-23,28-29H,6-7,10-16H2,1-5H3,(H,33,36)/t18-,19+,21-,22+,23+,28+,29+,30+,31-/m1/s1. The second-order valence-electron chi connectivity index (χ2n) is 13.7. The number of Topliss-reactive ketones (excluding diaryl/α,β-unsaturated/α-hetero) is 2. The molecule has 4 aliphatic rings. The fraction of sp³-hybridized carbons (Fsp3) is 0.774. The summed E-state index contributed by atoms with van der Waals surface area (Å²) in [5.74, 6) is 3.16. The lowest BCUT2D eigenvalue weighted by Crippen LogP contribution is -2.57. The summed E-state index contributed by atoms with van der Waals surface area (Å²) in [7, 11) is 0. The molecule has 1 aromatic heterocycles. The summed E-state index contributed by atoms with van der Waals surface area (Å²) >= 11 is 7.72. The Bertz CT molecular complexity index is 1070. The Morgan fingerprint density at radius 1 is 1.05 bits per heavy atom. The van der Waals surface area contributed by atoms with E-state index in [1.807, 2.05) is 12.1 Å². The summed E-state index contributed by atoms with van der Waals surface area (Å²) in [5, 5.41) is 3.31. The third-order valence-corrected chi connectivity index (χ3v) is 12.8. The van der Waals surface area contributed by atoms with Crippen LogP contribution in [0.2, 0.25) is 4.34 Å². The molecule has 0 bridgehead atoms. The van der Waals surface area contributed by atoms with Gasteiger partial charge in [-0.25, -0.2) is 0 Å². The molecule has 0 saturated heterocycles. The summed E-state index contributed by atoms with van der Waals surface area (Å²) < 4.78 is 0.751.